The maximum atomic E-state index is 11.5. The van der Waals surface area contributed by atoms with Crippen molar-refractivity contribution in [1.29, 1.82) is 0 Å². The second-order valence-corrected chi connectivity index (χ2v) is 4.48. The van der Waals surface area contributed by atoms with E-state index >= 15 is 0 Å². The van der Waals surface area contributed by atoms with Crippen LogP contribution in [-0.4, -0.2) is 31.7 Å². The normalized spacial score (nSPS) is 17.4. The minimum absolute atomic E-state index is 0.0480. The minimum atomic E-state index is -0.836. The number of ether oxygens (including phenoxy) is 3. The Morgan fingerprint density at radius 3 is 2.61 bits per heavy atom. The molecule has 98 valence electrons. The van der Waals surface area contributed by atoms with E-state index in [0.717, 1.165) is 0 Å². The Bertz CT molecular complexity index is 415. The Hall–Kier alpha value is -1.30. The molecule has 1 heterocycles. The fourth-order valence-corrected chi connectivity index (χ4v) is 1.65. The Balaban J connectivity index is 1.80. The number of hydrogen-bond donors (Lipinski definition) is 1. The fraction of sp³-hybridized carbons (Fsp3) is 0.417. The van der Waals surface area contributed by atoms with E-state index in [9.17, 15) is 4.79 Å². The Morgan fingerprint density at radius 2 is 2.00 bits per heavy atom. The van der Waals surface area contributed by atoms with Gasteiger partial charge in [-0.25, -0.2) is 4.79 Å². The molecule has 0 unspecified atom stereocenters. The quantitative estimate of drug-likeness (QED) is 0.918. The van der Waals surface area contributed by atoms with Crippen LogP contribution in [0.2, 0.25) is 5.02 Å². The van der Waals surface area contributed by atoms with E-state index in [1.807, 2.05) is 0 Å². The van der Waals surface area contributed by atoms with E-state index in [1.165, 1.54) is 0 Å². The zero-order chi connectivity index (χ0) is 13.0. The Kier molecular flexibility index (Phi) is 4.06. The van der Waals surface area contributed by atoms with Crippen LogP contribution in [0.5, 0.6) is 0 Å². The van der Waals surface area contributed by atoms with Gasteiger partial charge in [0.1, 0.15) is 6.61 Å². The first-order valence-corrected chi connectivity index (χ1v) is 5.92. The predicted octanol–water partition coefficient (Wildman–Crippen LogP) is 2.65. The van der Waals surface area contributed by atoms with Crippen LogP contribution in [-0.2, 0) is 14.2 Å². The molecule has 0 radical (unpaired) electrons. The number of carbonyl (C=O) groups is 1. The van der Waals surface area contributed by atoms with Crippen LogP contribution in [0, 0.1) is 0 Å². The van der Waals surface area contributed by atoms with Crippen molar-refractivity contribution in [3.8, 4) is 0 Å². The summed E-state index contributed by atoms with van der Waals surface area (Å²) in [6, 6.07) is 6.74. The topological polar surface area (TPSA) is 56.8 Å². The van der Waals surface area contributed by atoms with E-state index in [1.54, 1.807) is 31.2 Å². The predicted molar refractivity (Wildman–Crippen MR) is 66.7 cm³/mol. The highest BCUT2D eigenvalue weighted by Gasteiger charge is 2.32. The third-order valence-electron chi connectivity index (χ3n) is 2.45. The first-order valence-electron chi connectivity index (χ1n) is 5.55. The van der Waals surface area contributed by atoms with E-state index in [2.05, 4.69) is 5.32 Å². The zero-order valence-electron chi connectivity index (χ0n) is 9.94. The van der Waals surface area contributed by atoms with Gasteiger partial charge in [0.2, 0.25) is 0 Å². The standard InChI is InChI=1S/C12H14ClNO4/c1-12(17-6-7-18-12)8-16-11(15)14-10-4-2-9(13)3-5-10/h2-5H,6-8H2,1H3,(H,14,15). The average Bonchev–Trinajstić information content (AvgIpc) is 2.78. The van der Waals surface area contributed by atoms with Gasteiger partial charge in [-0.3, -0.25) is 5.32 Å². The lowest BCUT2D eigenvalue weighted by molar-refractivity contribution is -0.167. The first-order chi connectivity index (χ1) is 8.57. The summed E-state index contributed by atoms with van der Waals surface area (Å²) in [4.78, 5) is 11.5. The monoisotopic (exact) mass is 271 g/mol. The van der Waals surface area contributed by atoms with Crippen LogP contribution in [0.15, 0.2) is 24.3 Å². The average molecular weight is 272 g/mol. The maximum absolute atomic E-state index is 11.5. The van der Waals surface area contributed by atoms with Crippen LogP contribution < -0.4 is 5.32 Å². The number of hydrogen-bond acceptors (Lipinski definition) is 4. The molecule has 0 aromatic heterocycles. The van der Waals surface area contributed by atoms with E-state index in [4.69, 9.17) is 25.8 Å². The van der Waals surface area contributed by atoms with Crippen molar-refractivity contribution in [2.24, 2.45) is 0 Å². The van der Waals surface area contributed by atoms with Gasteiger partial charge in [0.15, 0.2) is 5.79 Å². The fourth-order valence-electron chi connectivity index (χ4n) is 1.52. The number of amides is 1. The summed E-state index contributed by atoms with van der Waals surface area (Å²) >= 11 is 5.74. The van der Waals surface area contributed by atoms with E-state index < -0.39 is 11.9 Å². The smallest absolute Gasteiger partial charge is 0.411 e. The van der Waals surface area contributed by atoms with E-state index in [0.29, 0.717) is 23.9 Å². The lowest BCUT2D eigenvalue weighted by atomic mass is 10.3. The number of carbonyl (C=O) groups excluding carboxylic acids is 1. The summed E-state index contributed by atoms with van der Waals surface area (Å²) in [6.07, 6.45) is -0.558. The summed E-state index contributed by atoms with van der Waals surface area (Å²) in [5.41, 5.74) is 0.614. The molecule has 1 aliphatic heterocycles. The van der Waals surface area contributed by atoms with Gasteiger partial charge in [0.05, 0.1) is 13.2 Å². The molecule has 1 aromatic carbocycles. The Morgan fingerprint density at radius 1 is 1.39 bits per heavy atom. The maximum Gasteiger partial charge on any atom is 0.411 e. The SMILES string of the molecule is CC1(COC(=O)Nc2ccc(Cl)cc2)OCCO1. The first kappa shape index (κ1) is 13.1. The number of halogens is 1. The van der Waals surface area contributed by atoms with Crippen molar-refractivity contribution in [3.63, 3.8) is 0 Å². The second-order valence-electron chi connectivity index (χ2n) is 4.04. The summed E-state index contributed by atoms with van der Waals surface area (Å²) < 4.78 is 15.7. The molecule has 1 aliphatic rings. The van der Waals surface area contributed by atoms with Crippen molar-refractivity contribution in [1.82, 2.24) is 0 Å². The largest absolute Gasteiger partial charge is 0.444 e. The molecule has 0 saturated carbocycles. The molecule has 1 saturated heterocycles. The van der Waals surface area contributed by atoms with Gasteiger partial charge >= 0.3 is 6.09 Å². The molecule has 0 aliphatic carbocycles. The molecular weight excluding hydrogens is 258 g/mol. The van der Waals surface area contributed by atoms with Crippen molar-refractivity contribution in [3.05, 3.63) is 29.3 Å². The van der Waals surface area contributed by atoms with Crippen LogP contribution in [0.3, 0.4) is 0 Å². The minimum Gasteiger partial charge on any atom is -0.444 e. The van der Waals surface area contributed by atoms with Gasteiger partial charge in [-0.1, -0.05) is 11.6 Å². The number of rotatable bonds is 3. The van der Waals surface area contributed by atoms with Gasteiger partial charge in [-0.05, 0) is 31.2 Å². The molecule has 1 N–H and O–H groups in total. The van der Waals surface area contributed by atoms with Crippen molar-refractivity contribution in [2.75, 3.05) is 25.1 Å². The van der Waals surface area contributed by atoms with Crippen molar-refractivity contribution < 1.29 is 19.0 Å². The highest BCUT2D eigenvalue weighted by atomic mass is 35.5. The van der Waals surface area contributed by atoms with E-state index in [-0.39, 0.29) is 6.61 Å². The number of nitrogens with one attached hydrogen (secondary N) is 1. The molecule has 5 nitrogen and oxygen atoms in total. The van der Waals surface area contributed by atoms with Crippen LogP contribution in [0.25, 0.3) is 0 Å². The lowest BCUT2D eigenvalue weighted by Gasteiger charge is -2.21. The van der Waals surface area contributed by atoms with Crippen molar-refractivity contribution >= 4 is 23.4 Å². The molecule has 1 fully saturated rings. The molecule has 2 rings (SSSR count). The summed E-state index contributed by atoms with van der Waals surface area (Å²) in [5.74, 6) is -0.836. The molecule has 0 bridgehead atoms. The van der Waals surface area contributed by atoms with Crippen LogP contribution in [0.4, 0.5) is 10.5 Å². The molecule has 6 heteroatoms. The zero-order valence-corrected chi connectivity index (χ0v) is 10.7. The van der Waals surface area contributed by atoms with Gasteiger partial charge in [0, 0.05) is 10.7 Å². The van der Waals surface area contributed by atoms with Gasteiger partial charge < -0.3 is 14.2 Å². The third kappa shape index (κ3) is 3.60. The van der Waals surface area contributed by atoms with Crippen molar-refractivity contribution in [2.45, 2.75) is 12.7 Å². The Labute approximate surface area is 110 Å². The van der Waals surface area contributed by atoms with Crippen LogP contribution in [0.1, 0.15) is 6.92 Å². The molecule has 1 aromatic rings. The van der Waals surface area contributed by atoms with Gasteiger partial charge in [0.25, 0.3) is 0 Å². The molecule has 0 spiro atoms. The summed E-state index contributed by atoms with van der Waals surface area (Å²) in [6.45, 7) is 2.80. The van der Waals surface area contributed by atoms with Gasteiger partial charge in [-0.15, -0.1) is 0 Å². The number of benzene rings is 1. The second kappa shape index (κ2) is 5.56. The summed E-state index contributed by atoms with van der Waals surface area (Å²) in [5, 5.41) is 3.19. The molecule has 1 amide bonds. The highest BCUT2D eigenvalue weighted by molar-refractivity contribution is 6.30. The molecular formula is C12H14ClNO4. The number of anilines is 1. The molecule has 0 atom stereocenters. The highest BCUT2D eigenvalue weighted by Crippen LogP contribution is 2.19. The third-order valence-corrected chi connectivity index (χ3v) is 2.71. The lowest BCUT2D eigenvalue weighted by Crippen LogP contribution is -2.34. The molecule has 18 heavy (non-hydrogen) atoms. The van der Waals surface area contributed by atoms with Crippen LogP contribution >= 0.6 is 11.6 Å². The van der Waals surface area contributed by atoms with Gasteiger partial charge in [-0.2, -0.15) is 0 Å². The summed E-state index contributed by atoms with van der Waals surface area (Å²) in [7, 11) is 0.